The van der Waals surface area contributed by atoms with Gasteiger partial charge < -0.3 is 34.2 Å². The summed E-state index contributed by atoms with van der Waals surface area (Å²) in [5.74, 6) is 3.46. The highest BCUT2D eigenvalue weighted by atomic mass is 16.5. The van der Waals surface area contributed by atoms with Crippen molar-refractivity contribution in [2.45, 2.75) is 12.8 Å². The van der Waals surface area contributed by atoms with E-state index in [4.69, 9.17) is 19.4 Å². The predicted octanol–water partition coefficient (Wildman–Crippen LogP) is 5.20. The van der Waals surface area contributed by atoms with Gasteiger partial charge >= 0.3 is 0 Å². The van der Waals surface area contributed by atoms with Gasteiger partial charge in [-0.25, -0.2) is 9.97 Å². The van der Waals surface area contributed by atoms with Crippen molar-refractivity contribution in [2.24, 2.45) is 0 Å². The van der Waals surface area contributed by atoms with Crippen LogP contribution in [0.2, 0.25) is 0 Å². The van der Waals surface area contributed by atoms with Crippen LogP contribution in [0.3, 0.4) is 0 Å². The number of nitrogens with zero attached hydrogens (tertiary/aromatic N) is 4. The lowest BCUT2D eigenvalue weighted by Crippen LogP contribution is -2.21. The van der Waals surface area contributed by atoms with Crippen molar-refractivity contribution < 1.29 is 9.47 Å². The van der Waals surface area contributed by atoms with Gasteiger partial charge in [-0.05, 0) is 74.5 Å². The quantitative estimate of drug-likeness (QED) is 0.190. The van der Waals surface area contributed by atoms with Crippen LogP contribution in [-0.2, 0) is 0 Å². The van der Waals surface area contributed by atoms with Crippen molar-refractivity contribution in [3.63, 3.8) is 0 Å². The number of hydrogen-bond donors (Lipinski definition) is 3. The Hall–Kier alpha value is -4.50. The first-order chi connectivity index (χ1) is 19.2. The molecule has 9 nitrogen and oxygen atoms in total. The molecule has 0 aliphatic rings. The molecule has 0 aliphatic carbocycles. The van der Waals surface area contributed by atoms with E-state index in [1.807, 2.05) is 48.5 Å². The van der Waals surface area contributed by atoms with Crippen molar-refractivity contribution in [1.82, 2.24) is 24.1 Å². The van der Waals surface area contributed by atoms with Gasteiger partial charge in [-0.2, -0.15) is 0 Å². The number of anilines is 2. The average Bonchev–Trinajstić information content (AvgIpc) is 3.67. The standard InChI is InChI=1S/C30H33N7O2/c1-38-21-9-11-23-27(19-21)36-17-3-7-25(36)29(34-23)32-15-5-13-31-14-6-16-33-30-26-8-4-18-37(26)28-20-22(39-2)10-12-24(28)35-30/h3-4,7-12,17-20,31H,5-6,13-16H2,1-2H3,(H,32,34)(H,33,35). The van der Waals surface area contributed by atoms with Crippen LogP contribution >= 0.6 is 0 Å². The lowest BCUT2D eigenvalue weighted by Gasteiger charge is -2.12. The molecule has 0 bridgehead atoms. The maximum absolute atomic E-state index is 5.39. The van der Waals surface area contributed by atoms with E-state index in [2.05, 4.69) is 49.3 Å². The molecule has 2 aromatic carbocycles. The summed E-state index contributed by atoms with van der Waals surface area (Å²) in [6.45, 7) is 3.57. The van der Waals surface area contributed by atoms with Gasteiger partial charge in [0.05, 0.1) is 47.3 Å². The smallest absolute Gasteiger partial charge is 0.151 e. The molecule has 0 amide bonds. The van der Waals surface area contributed by atoms with E-state index in [1.54, 1.807) is 14.2 Å². The normalized spacial score (nSPS) is 11.5. The third-order valence-corrected chi connectivity index (χ3v) is 6.98. The van der Waals surface area contributed by atoms with Crippen molar-refractivity contribution in [3.05, 3.63) is 73.1 Å². The van der Waals surface area contributed by atoms with Crippen LogP contribution in [-0.4, -0.2) is 59.2 Å². The van der Waals surface area contributed by atoms with E-state index in [1.165, 1.54) is 0 Å². The Morgan fingerprint density at radius 1 is 0.615 bits per heavy atom. The lowest BCUT2D eigenvalue weighted by molar-refractivity contribution is 0.415. The molecule has 0 aliphatic heterocycles. The second-order valence-electron chi connectivity index (χ2n) is 9.47. The Morgan fingerprint density at radius 3 is 1.56 bits per heavy atom. The van der Waals surface area contributed by atoms with Gasteiger partial charge in [0.25, 0.3) is 0 Å². The summed E-state index contributed by atoms with van der Waals surface area (Å²) in [7, 11) is 3.37. The zero-order chi connectivity index (χ0) is 26.6. The Kier molecular flexibility index (Phi) is 7.05. The van der Waals surface area contributed by atoms with Gasteiger partial charge in [-0.15, -0.1) is 0 Å². The van der Waals surface area contributed by atoms with Crippen LogP contribution in [0.1, 0.15) is 12.8 Å². The maximum atomic E-state index is 5.39. The van der Waals surface area contributed by atoms with Crippen LogP contribution < -0.4 is 25.4 Å². The predicted molar refractivity (Wildman–Crippen MR) is 158 cm³/mol. The van der Waals surface area contributed by atoms with Crippen molar-refractivity contribution >= 4 is 44.7 Å². The van der Waals surface area contributed by atoms with E-state index in [0.717, 1.165) is 95.3 Å². The largest absolute Gasteiger partial charge is 0.497 e. The molecule has 6 rings (SSSR count). The third-order valence-electron chi connectivity index (χ3n) is 6.98. The molecule has 0 saturated heterocycles. The number of hydrogen-bond acceptors (Lipinski definition) is 7. The molecule has 6 aromatic rings. The van der Waals surface area contributed by atoms with E-state index in [0.29, 0.717) is 0 Å². The number of benzene rings is 2. The summed E-state index contributed by atoms with van der Waals surface area (Å²) in [5, 5.41) is 10.6. The van der Waals surface area contributed by atoms with Gasteiger partial charge in [0, 0.05) is 37.6 Å². The number of ether oxygens (including phenoxy) is 2. The molecule has 4 aromatic heterocycles. The van der Waals surface area contributed by atoms with E-state index in [9.17, 15) is 0 Å². The number of methoxy groups -OCH3 is 2. The molecule has 0 saturated carbocycles. The van der Waals surface area contributed by atoms with E-state index < -0.39 is 0 Å². The fraction of sp³-hybridized carbons (Fsp3) is 0.267. The van der Waals surface area contributed by atoms with Crippen LogP contribution in [0.4, 0.5) is 11.6 Å². The number of aromatic nitrogens is 4. The molecule has 9 heteroatoms. The Balaban J connectivity index is 0.971. The molecular weight excluding hydrogens is 490 g/mol. The molecule has 4 heterocycles. The number of rotatable bonds is 12. The summed E-state index contributed by atoms with van der Waals surface area (Å²) in [4.78, 5) is 9.71. The highest BCUT2D eigenvalue weighted by Gasteiger charge is 2.10. The SMILES string of the molecule is COc1ccc2nc(NCCCNCCCNc3nc4ccc(OC)cc4n4cccc34)c3cccn3c2c1. The summed E-state index contributed by atoms with van der Waals surface area (Å²) >= 11 is 0. The van der Waals surface area contributed by atoms with Crippen LogP contribution in [0, 0.1) is 0 Å². The topological polar surface area (TPSA) is 89.1 Å². The Labute approximate surface area is 226 Å². The third kappa shape index (κ3) is 5.00. The average molecular weight is 524 g/mol. The molecule has 0 spiro atoms. The highest BCUT2D eigenvalue weighted by molar-refractivity contribution is 5.86. The minimum absolute atomic E-state index is 0.828. The Morgan fingerprint density at radius 2 is 1.10 bits per heavy atom. The van der Waals surface area contributed by atoms with Crippen LogP contribution in [0.15, 0.2) is 73.1 Å². The monoisotopic (exact) mass is 523 g/mol. The molecule has 0 radical (unpaired) electrons. The first-order valence-corrected chi connectivity index (χ1v) is 13.3. The van der Waals surface area contributed by atoms with Crippen molar-refractivity contribution in [2.75, 3.05) is 51.0 Å². The second kappa shape index (κ2) is 11.1. The molecule has 0 atom stereocenters. The summed E-state index contributed by atoms with van der Waals surface area (Å²) in [6.07, 6.45) is 6.13. The zero-order valence-corrected chi connectivity index (χ0v) is 22.3. The zero-order valence-electron chi connectivity index (χ0n) is 22.3. The molecule has 3 N–H and O–H groups in total. The maximum Gasteiger partial charge on any atom is 0.151 e. The highest BCUT2D eigenvalue weighted by Crippen LogP contribution is 2.27. The second-order valence-corrected chi connectivity index (χ2v) is 9.47. The lowest BCUT2D eigenvalue weighted by atomic mass is 10.2. The minimum atomic E-state index is 0.828. The number of nitrogens with one attached hydrogen (secondary N) is 3. The first-order valence-electron chi connectivity index (χ1n) is 13.3. The van der Waals surface area contributed by atoms with Crippen LogP contribution in [0.25, 0.3) is 33.1 Å². The molecule has 0 fully saturated rings. The first kappa shape index (κ1) is 24.8. The minimum Gasteiger partial charge on any atom is -0.497 e. The van der Waals surface area contributed by atoms with Gasteiger partial charge in [0.15, 0.2) is 11.6 Å². The Bertz CT molecular complexity index is 1610. The van der Waals surface area contributed by atoms with Crippen LogP contribution in [0.5, 0.6) is 11.5 Å². The molecular formula is C30H33N7O2. The fourth-order valence-electron chi connectivity index (χ4n) is 4.98. The summed E-state index contributed by atoms with van der Waals surface area (Å²) in [5.41, 5.74) is 6.07. The van der Waals surface area contributed by atoms with Crippen molar-refractivity contribution in [3.8, 4) is 11.5 Å². The number of fused-ring (bicyclic) bond motifs is 6. The summed E-state index contributed by atoms with van der Waals surface area (Å²) < 4.78 is 15.1. The summed E-state index contributed by atoms with van der Waals surface area (Å²) in [6, 6.07) is 20.2. The van der Waals surface area contributed by atoms with Gasteiger partial charge in [0.2, 0.25) is 0 Å². The molecule has 0 unspecified atom stereocenters. The van der Waals surface area contributed by atoms with Gasteiger partial charge in [0.1, 0.15) is 11.5 Å². The van der Waals surface area contributed by atoms with Gasteiger partial charge in [-0.1, -0.05) is 0 Å². The fourth-order valence-corrected chi connectivity index (χ4v) is 4.98. The van der Waals surface area contributed by atoms with Gasteiger partial charge in [-0.3, -0.25) is 0 Å². The van der Waals surface area contributed by atoms with E-state index in [-0.39, 0.29) is 0 Å². The van der Waals surface area contributed by atoms with E-state index >= 15 is 0 Å². The molecule has 39 heavy (non-hydrogen) atoms. The molecule has 200 valence electrons. The van der Waals surface area contributed by atoms with Crippen molar-refractivity contribution in [1.29, 1.82) is 0 Å².